The van der Waals surface area contributed by atoms with E-state index in [1.54, 1.807) is 32.9 Å². The van der Waals surface area contributed by atoms with Crippen molar-refractivity contribution >= 4 is 49.8 Å². The van der Waals surface area contributed by atoms with Crippen molar-refractivity contribution in [3.63, 3.8) is 0 Å². The zero-order valence-electron chi connectivity index (χ0n) is 28.9. The summed E-state index contributed by atoms with van der Waals surface area (Å²) in [5, 5.41) is 6.67. The summed E-state index contributed by atoms with van der Waals surface area (Å²) < 4.78 is 84.9. The van der Waals surface area contributed by atoms with E-state index in [9.17, 15) is 36.0 Å². The summed E-state index contributed by atoms with van der Waals surface area (Å²) in [4.78, 5) is 43.0. The fraction of sp³-hybridized carbons (Fsp3) is 0.314. The minimum atomic E-state index is -5.60. The second-order valence-corrected chi connectivity index (χ2v) is 13.9. The number of sulfone groups is 1. The van der Waals surface area contributed by atoms with Crippen molar-refractivity contribution in [2.45, 2.75) is 64.1 Å². The molecule has 3 aromatic carbocycles. The topological polar surface area (TPSA) is 179 Å². The Balaban J connectivity index is 1.98. The molecule has 0 aliphatic heterocycles. The van der Waals surface area contributed by atoms with E-state index in [2.05, 4.69) is 15.6 Å². The number of nitrogens with two attached hydrogens (primary N) is 1. The van der Waals surface area contributed by atoms with Crippen LogP contribution in [0.4, 0.5) is 24.5 Å². The second-order valence-electron chi connectivity index (χ2n) is 11.7. The number of benzene rings is 3. The molecule has 52 heavy (non-hydrogen) atoms. The van der Waals surface area contributed by atoms with Crippen LogP contribution in [0.3, 0.4) is 0 Å². The predicted molar refractivity (Wildman–Crippen MR) is 186 cm³/mol. The molecule has 13 nitrogen and oxygen atoms in total. The van der Waals surface area contributed by atoms with Crippen molar-refractivity contribution in [3.8, 4) is 11.5 Å². The van der Waals surface area contributed by atoms with Crippen molar-refractivity contribution < 1.29 is 50.2 Å². The van der Waals surface area contributed by atoms with Gasteiger partial charge in [0.15, 0.2) is 21.3 Å². The Bertz CT molecular complexity index is 2080. The van der Waals surface area contributed by atoms with Crippen molar-refractivity contribution in [1.82, 2.24) is 10.3 Å². The Morgan fingerprint density at radius 3 is 2.33 bits per heavy atom. The van der Waals surface area contributed by atoms with Crippen LogP contribution in [0.25, 0.3) is 10.8 Å². The highest BCUT2D eigenvalue weighted by Gasteiger charge is 2.55. The second kappa shape index (κ2) is 15.9. The lowest BCUT2D eigenvalue weighted by molar-refractivity contribution is -0.216. The van der Waals surface area contributed by atoms with Gasteiger partial charge in [0.1, 0.15) is 0 Å². The largest absolute Gasteiger partial charge is 0.491 e. The lowest BCUT2D eigenvalue weighted by Crippen LogP contribution is -2.63. The van der Waals surface area contributed by atoms with E-state index in [1.165, 1.54) is 74.8 Å². The molecule has 2 amide bonds. The van der Waals surface area contributed by atoms with Gasteiger partial charge < -0.3 is 24.8 Å². The van der Waals surface area contributed by atoms with E-state index in [-0.39, 0.29) is 57.4 Å². The third-order valence-corrected chi connectivity index (χ3v) is 9.38. The number of halogens is 3. The van der Waals surface area contributed by atoms with Crippen molar-refractivity contribution in [3.05, 3.63) is 84.2 Å². The number of fused-ring (bicyclic) bond motifs is 1. The molecule has 4 aromatic rings. The molecule has 0 radical (unpaired) electrons. The fourth-order valence-electron chi connectivity index (χ4n) is 5.22. The van der Waals surface area contributed by atoms with Gasteiger partial charge in [0.2, 0.25) is 5.91 Å². The first kappa shape index (κ1) is 39.4. The van der Waals surface area contributed by atoms with Crippen molar-refractivity contribution in [2.75, 3.05) is 22.7 Å². The van der Waals surface area contributed by atoms with Crippen LogP contribution in [0.2, 0.25) is 0 Å². The van der Waals surface area contributed by atoms with E-state index in [0.29, 0.717) is 15.8 Å². The number of alkyl halides is 3. The molecule has 4 rings (SSSR count). The molecule has 1 aromatic heterocycles. The Morgan fingerprint density at radius 2 is 1.69 bits per heavy atom. The number of hydrazine groups is 1. The zero-order valence-corrected chi connectivity index (χ0v) is 29.7. The van der Waals surface area contributed by atoms with Crippen LogP contribution in [-0.2, 0) is 41.2 Å². The average molecular weight is 746 g/mol. The number of pyridine rings is 1. The van der Waals surface area contributed by atoms with E-state index >= 15 is 0 Å². The molecule has 1 heterocycles. The number of carbonyl (C=O) groups excluding carboxylic acids is 3. The number of rotatable bonds is 14. The molecule has 0 aliphatic carbocycles. The molecular formula is C35H38F3N5O8S. The number of esters is 1. The van der Waals surface area contributed by atoms with Gasteiger partial charge in [-0.25, -0.2) is 19.1 Å². The Kier molecular flexibility index (Phi) is 12.0. The number of nitrogens with one attached hydrogen (secondary N) is 2. The predicted octanol–water partition coefficient (Wildman–Crippen LogP) is 5.13. The monoisotopic (exact) mass is 745 g/mol. The van der Waals surface area contributed by atoms with Gasteiger partial charge in [0.25, 0.3) is 5.91 Å². The Labute approximate surface area is 298 Å². The van der Waals surface area contributed by atoms with E-state index in [1.807, 2.05) is 0 Å². The zero-order chi connectivity index (χ0) is 38.4. The third kappa shape index (κ3) is 8.71. The Morgan fingerprint density at radius 1 is 0.962 bits per heavy atom. The van der Waals surface area contributed by atoms with Crippen LogP contribution in [0, 0.1) is 0 Å². The summed E-state index contributed by atoms with van der Waals surface area (Å²) >= 11 is 0. The molecule has 0 spiro atoms. The summed E-state index contributed by atoms with van der Waals surface area (Å²) in [5.74, 6) is 1.80. The minimum absolute atomic E-state index is 0.00810. The fourth-order valence-corrected chi connectivity index (χ4v) is 6.34. The summed E-state index contributed by atoms with van der Waals surface area (Å²) in [6.07, 6.45) is -2.96. The maximum atomic E-state index is 14.6. The standard InChI is InChI=1S/C35H38F3N5O8S/c1-6-49-30-18-26(9-12-29(30)50-21(3)4)34(51-33(46)35(36,37)38,43(39)28-11-8-24-19-40-15-14-23(24)17-28)32(45)41-20-25-16-27(42-22(5)44)10-13-31(25)52(47,48)7-2/h8-19,21H,6-7,20,39H2,1-5H3,(H,41,45)(H,42,44). The van der Waals surface area contributed by atoms with Gasteiger partial charge in [-0.15, -0.1) is 0 Å². The van der Waals surface area contributed by atoms with Gasteiger partial charge in [-0.05, 0) is 86.3 Å². The number of anilines is 2. The maximum absolute atomic E-state index is 14.6. The molecule has 0 aliphatic rings. The first-order valence-electron chi connectivity index (χ1n) is 16.0. The quantitative estimate of drug-likeness (QED) is 0.0675. The number of hydrogen-bond donors (Lipinski definition) is 3. The molecule has 1 unspecified atom stereocenters. The number of carbonyl (C=O) groups is 3. The normalized spacial score (nSPS) is 12.9. The third-order valence-electron chi connectivity index (χ3n) is 7.55. The smallest absolute Gasteiger partial charge is 0.490 e. The maximum Gasteiger partial charge on any atom is 0.491 e. The van der Waals surface area contributed by atoms with Crippen molar-refractivity contribution in [1.29, 1.82) is 0 Å². The molecule has 4 N–H and O–H groups in total. The minimum Gasteiger partial charge on any atom is -0.490 e. The summed E-state index contributed by atoms with van der Waals surface area (Å²) in [7, 11) is -3.92. The SMILES string of the molecule is CCOc1cc(C(OC(=O)C(F)(F)F)(C(=O)NCc2cc(NC(C)=O)ccc2S(=O)(=O)CC)N(N)c2ccc3cnccc3c2)ccc1OC(C)C. The Hall–Kier alpha value is -5.42. The van der Waals surface area contributed by atoms with Crippen LogP contribution in [0.5, 0.6) is 11.5 Å². The van der Waals surface area contributed by atoms with Crippen LogP contribution < -0.4 is 31.0 Å². The van der Waals surface area contributed by atoms with Crippen LogP contribution >= 0.6 is 0 Å². The van der Waals surface area contributed by atoms with Crippen LogP contribution in [0.1, 0.15) is 45.7 Å². The van der Waals surface area contributed by atoms with Crippen LogP contribution in [0.15, 0.2) is 78.0 Å². The van der Waals surface area contributed by atoms with Gasteiger partial charge >= 0.3 is 17.9 Å². The first-order valence-corrected chi connectivity index (χ1v) is 17.6. The van der Waals surface area contributed by atoms with Crippen molar-refractivity contribution in [2.24, 2.45) is 5.84 Å². The molecule has 17 heteroatoms. The molecule has 278 valence electrons. The first-order chi connectivity index (χ1) is 24.4. The highest BCUT2D eigenvalue weighted by Crippen LogP contribution is 2.40. The number of hydrogen-bond acceptors (Lipinski definition) is 11. The van der Waals surface area contributed by atoms with E-state index < -0.39 is 46.1 Å². The van der Waals surface area contributed by atoms with E-state index in [4.69, 9.17) is 20.1 Å². The lowest BCUT2D eigenvalue weighted by atomic mass is 9.98. The molecule has 0 bridgehead atoms. The highest BCUT2D eigenvalue weighted by atomic mass is 32.2. The molecule has 0 saturated carbocycles. The number of nitrogens with zero attached hydrogens (tertiary/aromatic N) is 2. The summed E-state index contributed by atoms with van der Waals surface area (Å²) in [6.45, 7) is 7.18. The van der Waals surface area contributed by atoms with Gasteiger partial charge in [-0.3, -0.25) is 19.6 Å². The molecular weight excluding hydrogens is 707 g/mol. The average Bonchev–Trinajstić information content (AvgIpc) is 3.08. The summed E-state index contributed by atoms with van der Waals surface area (Å²) in [5.41, 5.74) is -3.42. The van der Waals surface area contributed by atoms with Gasteiger partial charge in [-0.2, -0.15) is 13.2 Å². The molecule has 0 saturated heterocycles. The summed E-state index contributed by atoms with van der Waals surface area (Å²) in [6, 6.07) is 13.5. The van der Waals surface area contributed by atoms with Gasteiger partial charge in [0.05, 0.1) is 29.0 Å². The number of amides is 2. The number of ether oxygens (including phenoxy) is 3. The molecule has 0 fully saturated rings. The highest BCUT2D eigenvalue weighted by molar-refractivity contribution is 7.91. The van der Waals surface area contributed by atoms with Gasteiger partial charge in [0, 0.05) is 42.5 Å². The van der Waals surface area contributed by atoms with E-state index in [0.717, 1.165) is 0 Å². The van der Waals surface area contributed by atoms with Gasteiger partial charge in [-0.1, -0.05) is 13.0 Å². The number of aromatic nitrogens is 1. The molecule has 1 atom stereocenters. The lowest BCUT2D eigenvalue weighted by Gasteiger charge is -2.40. The van der Waals surface area contributed by atoms with Crippen LogP contribution in [-0.4, -0.2) is 55.8 Å².